The molecule has 2 aromatic carbocycles. The molecule has 1 N–H and O–H groups in total. The van der Waals surface area contributed by atoms with Crippen molar-refractivity contribution in [3.05, 3.63) is 65.0 Å². The van der Waals surface area contributed by atoms with Crippen molar-refractivity contribution in [3.8, 4) is 11.5 Å². The molecule has 1 aliphatic rings. The van der Waals surface area contributed by atoms with Gasteiger partial charge < -0.3 is 19.4 Å². The van der Waals surface area contributed by atoms with Crippen LogP contribution in [0.1, 0.15) is 42.4 Å². The molecule has 3 aromatic rings. The van der Waals surface area contributed by atoms with Gasteiger partial charge in [0, 0.05) is 24.4 Å². The monoisotopic (exact) mass is 468 g/mol. The van der Waals surface area contributed by atoms with Crippen molar-refractivity contribution in [2.75, 3.05) is 18.5 Å². The fourth-order valence-electron chi connectivity index (χ4n) is 3.67. The van der Waals surface area contributed by atoms with Crippen LogP contribution in [0, 0.1) is 0 Å². The average Bonchev–Trinajstić information content (AvgIpc) is 3.51. The molecule has 1 atom stereocenters. The van der Waals surface area contributed by atoms with E-state index < -0.39 is 6.10 Å². The third-order valence-corrected chi connectivity index (χ3v) is 5.61. The van der Waals surface area contributed by atoms with Gasteiger partial charge in [0.1, 0.15) is 6.10 Å². The van der Waals surface area contributed by atoms with Gasteiger partial charge in [-0.15, -0.1) is 10.2 Å². The van der Waals surface area contributed by atoms with Gasteiger partial charge in [0.15, 0.2) is 0 Å². The Bertz CT molecular complexity index is 1130. The number of benzene rings is 2. The highest BCUT2D eigenvalue weighted by molar-refractivity contribution is 6.33. The highest BCUT2D eigenvalue weighted by Gasteiger charge is 2.24. The third-order valence-electron chi connectivity index (χ3n) is 5.28. The van der Waals surface area contributed by atoms with Gasteiger partial charge in [-0.05, 0) is 49.6 Å². The standard InChI is InChI=1S/C24H25ClN4O4/c1-2-12-29(15-21-27-28-23(33-21)18-9-3-4-10-19(18)25)24(31)16-7-5-8-17(14-16)26-22(30)20-11-6-13-32-20/h3-5,7-10,14,20H,2,6,11-13,15H2,1H3,(H,26,30). The summed E-state index contributed by atoms with van der Waals surface area (Å²) in [7, 11) is 0. The van der Waals surface area contributed by atoms with E-state index in [1.807, 2.05) is 19.1 Å². The fourth-order valence-corrected chi connectivity index (χ4v) is 3.88. The molecular weight excluding hydrogens is 444 g/mol. The quantitative estimate of drug-likeness (QED) is 0.520. The SMILES string of the molecule is CCCN(Cc1nnc(-c2ccccc2Cl)o1)C(=O)c1cccc(NC(=O)C2CCCO2)c1. The van der Waals surface area contributed by atoms with Crippen molar-refractivity contribution in [1.29, 1.82) is 0 Å². The second kappa shape index (κ2) is 10.6. The van der Waals surface area contributed by atoms with Crippen molar-refractivity contribution in [3.63, 3.8) is 0 Å². The molecule has 33 heavy (non-hydrogen) atoms. The van der Waals surface area contributed by atoms with Gasteiger partial charge in [-0.3, -0.25) is 9.59 Å². The minimum Gasteiger partial charge on any atom is -0.419 e. The Morgan fingerprint density at radius 3 is 2.79 bits per heavy atom. The van der Waals surface area contributed by atoms with Gasteiger partial charge in [0.05, 0.1) is 17.1 Å². The predicted octanol–water partition coefficient (Wildman–Crippen LogP) is 4.56. The van der Waals surface area contributed by atoms with Crippen LogP contribution >= 0.6 is 11.6 Å². The minimum absolute atomic E-state index is 0.163. The van der Waals surface area contributed by atoms with Crippen molar-refractivity contribution in [1.82, 2.24) is 15.1 Å². The Labute approximate surface area is 196 Å². The number of ether oxygens (including phenoxy) is 1. The maximum atomic E-state index is 13.2. The summed E-state index contributed by atoms with van der Waals surface area (Å²) in [6.45, 7) is 3.25. The van der Waals surface area contributed by atoms with Crippen molar-refractivity contribution in [2.24, 2.45) is 0 Å². The lowest BCUT2D eigenvalue weighted by Gasteiger charge is -2.21. The molecule has 9 heteroatoms. The van der Waals surface area contributed by atoms with Crippen LogP contribution in [-0.4, -0.2) is 46.2 Å². The van der Waals surface area contributed by atoms with Crippen LogP contribution in [0.2, 0.25) is 5.02 Å². The molecule has 0 aliphatic carbocycles. The Hall–Kier alpha value is -3.23. The van der Waals surface area contributed by atoms with Gasteiger partial charge in [0.2, 0.25) is 11.8 Å². The molecule has 0 bridgehead atoms. The van der Waals surface area contributed by atoms with Crippen molar-refractivity contribution >= 4 is 29.1 Å². The first kappa shape index (κ1) is 22.9. The third kappa shape index (κ3) is 5.58. The zero-order chi connectivity index (χ0) is 23.2. The van der Waals surface area contributed by atoms with Gasteiger partial charge in [-0.1, -0.05) is 36.7 Å². The Morgan fingerprint density at radius 1 is 1.18 bits per heavy atom. The molecule has 1 unspecified atom stereocenters. The highest BCUT2D eigenvalue weighted by Crippen LogP contribution is 2.26. The second-order valence-electron chi connectivity index (χ2n) is 7.78. The number of nitrogens with one attached hydrogen (secondary N) is 1. The number of aromatic nitrogens is 2. The van der Waals surface area contributed by atoms with E-state index in [-0.39, 0.29) is 18.4 Å². The Balaban J connectivity index is 1.47. The van der Waals surface area contributed by atoms with E-state index in [0.29, 0.717) is 53.2 Å². The van der Waals surface area contributed by atoms with Gasteiger partial charge in [-0.2, -0.15) is 0 Å². The van der Waals surface area contributed by atoms with E-state index in [1.165, 1.54) is 0 Å². The maximum Gasteiger partial charge on any atom is 0.254 e. The molecule has 0 spiro atoms. The Morgan fingerprint density at radius 2 is 2.03 bits per heavy atom. The Kier molecular flexibility index (Phi) is 7.36. The summed E-state index contributed by atoms with van der Waals surface area (Å²) in [5, 5.41) is 11.5. The smallest absolute Gasteiger partial charge is 0.254 e. The number of amides is 2. The summed E-state index contributed by atoms with van der Waals surface area (Å²) in [4.78, 5) is 27.2. The summed E-state index contributed by atoms with van der Waals surface area (Å²) in [5.41, 5.74) is 1.65. The molecule has 172 valence electrons. The molecule has 1 aromatic heterocycles. The van der Waals surface area contributed by atoms with Gasteiger partial charge in [0.25, 0.3) is 11.8 Å². The molecule has 1 saturated heterocycles. The summed E-state index contributed by atoms with van der Waals surface area (Å²) in [6, 6.07) is 14.1. The van der Waals surface area contributed by atoms with Gasteiger partial charge >= 0.3 is 0 Å². The number of anilines is 1. The minimum atomic E-state index is -0.439. The van der Waals surface area contributed by atoms with Crippen molar-refractivity contribution < 1.29 is 18.7 Å². The van der Waals surface area contributed by atoms with Crippen LogP contribution in [0.5, 0.6) is 0 Å². The van der Waals surface area contributed by atoms with E-state index in [2.05, 4.69) is 15.5 Å². The van der Waals surface area contributed by atoms with E-state index in [1.54, 1.807) is 41.3 Å². The molecule has 4 rings (SSSR count). The van der Waals surface area contributed by atoms with E-state index in [0.717, 1.165) is 12.8 Å². The molecule has 1 fully saturated rings. The summed E-state index contributed by atoms with van der Waals surface area (Å²) >= 11 is 6.22. The molecule has 1 aliphatic heterocycles. The predicted molar refractivity (Wildman–Crippen MR) is 124 cm³/mol. The number of nitrogens with zero attached hydrogens (tertiary/aromatic N) is 3. The number of hydrogen-bond acceptors (Lipinski definition) is 6. The number of carbonyl (C=O) groups is 2. The maximum absolute atomic E-state index is 13.2. The van der Waals surface area contributed by atoms with Crippen LogP contribution in [0.4, 0.5) is 5.69 Å². The summed E-state index contributed by atoms with van der Waals surface area (Å²) in [6.07, 6.45) is 1.89. The summed E-state index contributed by atoms with van der Waals surface area (Å²) < 4.78 is 11.2. The van der Waals surface area contributed by atoms with Crippen LogP contribution in [0.3, 0.4) is 0 Å². The first-order valence-electron chi connectivity index (χ1n) is 10.9. The number of halogens is 1. The molecule has 2 amide bonds. The molecule has 2 heterocycles. The topological polar surface area (TPSA) is 97.6 Å². The van der Waals surface area contributed by atoms with E-state index in [9.17, 15) is 9.59 Å². The summed E-state index contributed by atoms with van der Waals surface area (Å²) in [5.74, 6) is 0.232. The van der Waals surface area contributed by atoms with Crippen LogP contribution < -0.4 is 5.32 Å². The largest absolute Gasteiger partial charge is 0.419 e. The molecule has 0 radical (unpaired) electrons. The number of hydrogen-bond donors (Lipinski definition) is 1. The fraction of sp³-hybridized carbons (Fsp3) is 0.333. The van der Waals surface area contributed by atoms with Gasteiger partial charge in [-0.25, -0.2) is 0 Å². The highest BCUT2D eigenvalue weighted by atomic mass is 35.5. The lowest BCUT2D eigenvalue weighted by molar-refractivity contribution is -0.124. The zero-order valence-electron chi connectivity index (χ0n) is 18.3. The zero-order valence-corrected chi connectivity index (χ0v) is 19.0. The first-order valence-corrected chi connectivity index (χ1v) is 11.3. The van der Waals surface area contributed by atoms with Crippen LogP contribution in [-0.2, 0) is 16.1 Å². The first-order chi connectivity index (χ1) is 16.0. The lowest BCUT2D eigenvalue weighted by Crippen LogP contribution is -2.31. The second-order valence-corrected chi connectivity index (χ2v) is 8.19. The van der Waals surface area contributed by atoms with E-state index in [4.69, 9.17) is 20.8 Å². The number of rotatable bonds is 8. The van der Waals surface area contributed by atoms with E-state index >= 15 is 0 Å². The lowest BCUT2D eigenvalue weighted by atomic mass is 10.1. The van der Waals surface area contributed by atoms with Crippen LogP contribution in [0.25, 0.3) is 11.5 Å². The van der Waals surface area contributed by atoms with Crippen molar-refractivity contribution in [2.45, 2.75) is 38.8 Å². The average molecular weight is 469 g/mol. The number of carbonyl (C=O) groups excluding carboxylic acids is 2. The normalized spacial score (nSPS) is 15.4. The van der Waals surface area contributed by atoms with Crippen LogP contribution in [0.15, 0.2) is 52.9 Å². The molecular formula is C24H25ClN4O4. The molecule has 8 nitrogen and oxygen atoms in total. The molecule has 0 saturated carbocycles.